The number of amides is 1. The first-order valence-electron chi connectivity index (χ1n) is 8.80. The maximum absolute atomic E-state index is 13.8. The van der Waals surface area contributed by atoms with Crippen molar-refractivity contribution < 1.29 is 27.2 Å². The van der Waals surface area contributed by atoms with Gasteiger partial charge in [0.15, 0.2) is 5.78 Å². The summed E-state index contributed by atoms with van der Waals surface area (Å²) in [6, 6.07) is 5.54. The van der Waals surface area contributed by atoms with E-state index in [0.29, 0.717) is 25.9 Å². The number of nitrogens with one attached hydrogen (secondary N) is 1. The maximum atomic E-state index is 13.8. The van der Waals surface area contributed by atoms with Crippen molar-refractivity contribution in [1.82, 2.24) is 4.90 Å². The number of halogens is 4. The molecule has 0 aliphatic carbocycles. The fourth-order valence-corrected chi connectivity index (χ4v) is 3.25. The fraction of sp³-hybridized carbons (Fsp3) is 0.300. The van der Waals surface area contributed by atoms with Crippen molar-refractivity contribution in [3.05, 3.63) is 65.2 Å². The molecule has 1 aliphatic heterocycles. The average Bonchev–Trinajstić information content (AvgIpc) is 2.66. The summed E-state index contributed by atoms with van der Waals surface area (Å²) in [4.78, 5) is 26.3. The van der Waals surface area contributed by atoms with Gasteiger partial charge in [0, 0.05) is 12.0 Å². The van der Waals surface area contributed by atoms with Crippen molar-refractivity contribution in [2.75, 3.05) is 25.0 Å². The summed E-state index contributed by atoms with van der Waals surface area (Å²) in [5, 5.41) is 2.32. The van der Waals surface area contributed by atoms with Crippen molar-refractivity contribution in [3.63, 3.8) is 0 Å². The van der Waals surface area contributed by atoms with Crippen LogP contribution in [0.5, 0.6) is 0 Å². The van der Waals surface area contributed by atoms with Crippen LogP contribution < -0.4 is 5.32 Å². The highest BCUT2D eigenvalue weighted by Crippen LogP contribution is 2.24. The molecule has 0 aromatic heterocycles. The van der Waals surface area contributed by atoms with E-state index in [4.69, 9.17) is 0 Å². The molecule has 1 amide bonds. The molecule has 0 bridgehead atoms. The van der Waals surface area contributed by atoms with E-state index in [-0.39, 0.29) is 17.8 Å². The molecule has 1 heterocycles. The van der Waals surface area contributed by atoms with Gasteiger partial charge in [-0.25, -0.2) is 17.6 Å². The monoisotopic (exact) mass is 394 g/mol. The largest absolute Gasteiger partial charge is 0.322 e. The van der Waals surface area contributed by atoms with E-state index in [1.807, 2.05) is 0 Å². The third-order valence-electron chi connectivity index (χ3n) is 4.72. The number of ketones is 1. The Kier molecular flexibility index (Phi) is 6.08. The fourth-order valence-electron chi connectivity index (χ4n) is 3.25. The van der Waals surface area contributed by atoms with Gasteiger partial charge >= 0.3 is 0 Å². The zero-order valence-electron chi connectivity index (χ0n) is 14.9. The molecule has 1 fully saturated rings. The molecule has 0 atom stereocenters. The highest BCUT2D eigenvalue weighted by Gasteiger charge is 2.28. The molecule has 28 heavy (non-hydrogen) atoms. The van der Waals surface area contributed by atoms with Crippen LogP contribution in [0, 0.1) is 29.2 Å². The molecule has 1 aliphatic rings. The van der Waals surface area contributed by atoms with Gasteiger partial charge < -0.3 is 5.32 Å². The number of carbonyl (C=O) groups excluding carboxylic acids is 2. The van der Waals surface area contributed by atoms with Gasteiger partial charge in [-0.1, -0.05) is 0 Å². The minimum absolute atomic E-state index is 0.0504. The standard InChI is InChI=1S/C20H18F4N2O2/c21-13-1-3-16(23)15(9-13)20(28)12-5-7-26(8-6-12)11-19(27)25-18-10-14(22)2-4-17(18)24/h1-4,9-10,12H,5-8,11H2,(H,25,27). The number of rotatable bonds is 5. The number of likely N-dealkylation sites (tertiary alicyclic amines) is 1. The molecular weight excluding hydrogens is 376 g/mol. The first-order valence-corrected chi connectivity index (χ1v) is 8.80. The van der Waals surface area contributed by atoms with Crippen molar-refractivity contribution in [2.45, 2.75) is 12.8 Å². The van der Waals surface area contributed by atoms with Crippen molar-refractivity contribution in [1.29, 1.82) is 0 Å². The molecule has 148 valence electrons. The van der Waals surface area contributed by atoms with E-state index in [1.165, 1.54) is 0 Å². The molecule has 3 rings (SSSR count). The molecule has 0 spiro atoms. The normalized spacial score (nSPS) is 15.4. The topological polar surface area (TPSA) is 49.4 Å². The summed E-state index contributed by atoms with van der Waals surface area (Å²) in [5.74, 6) is -4.27. The first kappa shape index (κ1) is 20.0. The predicted octanol–water partition coefficient (Wildman–Crippen LogP) is 3.78. The lowest BCUT2D eigenvalue weighted by Gasteiger charge is -2.30. The van der Waals surface area contributed by atoms with Crippen LogP contribution in [0.15, 0.2) is 36.4 Å². The molecule has 8 heteroatoms. The zero-order valence-corrected chi connectivity index (χ0v) is 14.9. The second-order valence-corrected chi connectivity index (χ2v) is 6.71. The summed E-state index contributed by atoms with van der Waals surface area (Å²) >= 11 is 0. The number of hydrogen-bond donors (Lipinski definition) is 1. The van der Waals surface area contributed by atoms with Gasteiger partial charge in [-0.3, -0.25) is 14.5 Å². The number of anilines is 1. The lowest BCUT2D eigenvalue weighted by atomic mass is 9.88. The van der Waals surface area contributed by atoms with Gasteiger partial charge in [-0.2, -0.15) is 0 Å². The third-order valence-corrected chi connectivity index (χ3v) is 4.72. The smallest absolute Gasteiger partial charge is 0.238 e. The Morgan fingerprint density at radius 2 is 1.54 bits per heavy atom. The van der Waals surface area contributed by atoms with E-state index < -0.39 is 40.9 Å². The molecule has 1 N–H and O–H groups in total. The summed E-state index contributed by atoms with van der Waals surface area (Å²) in [5.41, 5.74) is -0.505. The van der Waals surface area contributed by atoms with Gasteiger partial charge in [-0.05, 0) is 56.3 Å². The Morgan fingerprint density at radius 3 is 2.21 bits per heavy atom. The predicted molar refractivity (Wildman–Crippen MR) is 94.8 cm³/mol. The molecular formula is C20H18F4N2O2. The molecule has 2 aromatic carbocycles. The quantitative estimate of drug-likeness (QED) is 0.620. The van der Waals surface area contributed by atoms with Gasteiger partial charge in [0.2, 0.25) is 5.91 Å². The molecule has 1 saturated heterocycles. The Hall–Kier alpha value is -2.74. The van der Waals surface area contributed by atoms with Crippen molar-refractivity contribution >= 4 is 17.4 Å². The molecule has 0 saturated carbocycles. The Morgan fingerprint density at radius 1 is 0.929 bits per heavy atom. The second-order valence-electron chi connectivity index (χ2n) is 6.71. The van der Waals surface area contributed by atoms with Gasteiger partial charge in [0.25, 0.3) is 0 Å². The average molecular weight is 394 g/mol. The maximum Gasteiger partial charge on any atom is 0.238 e. The third kappa shape index (κ3) is 4.75. The summed E-state index contributed by atoms with van der Waals surface area (Å²) in [7, 11) is 0. The molecule has 0 radical (unpaired) electrons. The van der Waals surface area contributed by atoms with E-state index >= 15 is 0 Å². The summed E-state index contributed by atoms with van der Waals surface area (Å²) < 4.78 is 53.8. The van der Waals surface area contributed by atoms with E-state index in [0.717, 1.165) is 36.4 Å². The van der Waals surface area contributed by atoms with Crippen LogP contribution in [0.2, 0.25) is 0 Å². The molecule has 4 nitrogen and oxygen atoms in total. The van der Waals surface area contributed by atoms with E-state index in [9.17, 15) is 27.2 Å². The Bertz CT molecular complexity index is 896. The van der Waals surface area contributed by atoms with Crippen LogP contribution in [0.3, 0.4) is 0 Å². The zero-order chi connectivity index (χ0) is 20.3. The van der Waals surface area contributed by atoms with Gasteiger partial charge in [0.1, 0.15) is 23.3 Å². The highest BCUT2D eigenvalue weighted by molar-refractivity contribution is 5.98. The number of carbonyl (C=O) groups is 2. The number of benzene rings is 2. The summed E-state index contributed by atoms with van der Waals surface area (Å²) in [6.07, 6.45) is 0.771. The van der Waals surface area contributed by atoms with Crippen molar-refractivity contribution in [3.8, 4) is 0 Å². The van der Waals surface area contributed by atoms with Crippen LogP contribution in [0.1, 0.15) is 23.2 Å². The van der Waals surface area contributed by atoms with Crippen LogP contribution in [0.4, 0.5) is 23.2 Å². The number of Topliss-reactive ketones (excluding diaryl/α,β-unsaturated/α-hetero) is 1. The lowest BCUT2D eigenvalue weighted by Crippen LogP contribution is -2.41. The van der Waals surface area contributed by atoms with Crippen LogP contribution in [-0.2, 0) is 4.79 Å². The van der Waals surface area contributed by atoms with Crippen LogP contribution >= 0.6 is 0 Å². The van der Waals surface area contributed by atoms with E-state index in [1.54, 1.807) is 4.90 Å². The Labute approximate surface area is 159 Å². The van der Waals surface area contributed by atoms with Gasteiger partial charge in [-0.15, -0.1) is 0 Å². The number of nitrogens with zero attached hydrogens (tertiary/aromatic N) is 1. The minimum atomic E-state index is -0.759. The summed E-state index contributed by atoms with van der Waals surface area (Å²) in [6.45, 7) is 0.740. The molecule has 0 unspecified atom stereocenters. The van der Waals surface area contributed by atoms with Crippen LogP contribution in [0.25, 0.3) is 0 Å². The van der Waals surface area contributed by atoms with E-state index in [2.05, 4.69) is 5.32 Å². The van der Waals surface area contributed by atoms with Crippen LogP contribution in [-0.4, -0.2) is 36.2 Å². The first-order chi connectivity index (χ1) is 13.3. The SMILES string of the molecule is O=C(CN1CCC(C(=O)c2cc(F)ccc2F)CC1)Nc1cc(F)ccc1F. The molecule has 2 aromatic rings. The number of hydrogen-bond acceptors (Lipinski definition) is 3. The van der Waals surface area contributed by atoms with Crippen molar-refractivity contribution in [2.24, 2.45) is 5.92 Å². The lowest BCUT2D eigenvalue weighted by molar-refractivity contribution is -0.117. The second kappa shape index (κ2) is 8.52. The number of piperidine rings is 1. The Balaban J connectivity index is 1.54. The minimum Gasteiger partial charge on any atom is -0.322 e. The highest BCUT2D eigenvalue weighted by atomic mass is 19.1. The van der Waals surface area contributed by atoms with Gasteiger partial charge in [0.05, 0.1) is 17.8 Å².